The third kappa shape index (κ3) is 2.97. The summed E-state index contributed by atoms with van der Waals surface area (Å²) in [4.78, 5) is 0. The van der Waals surface area contributed by atoms with Gasteiger partial charge >= 0.3 is 0 Å². The highest BCUT2D eigenvalue weighted by Gasteiger charge is 2.22. The lowest BCUT2D eigenvalue weighted by molar-refractivity contribution is 1.19. The fraction of sp³-hybridized carbons (Fsp3) is 0. The summed E-state index contributed by atoms with van der Waals surface area (Å²) in [5, 5.41) is 10.6. The Kier molecular flexibility index (Phi) is 4.55. The van der Waals surface area contributed by atoms with Gasteiger partial charge in [0.15, 0.2) is 0 Å². The zero-order valence-electron chi connectivity index (χ0n) is 21.6. The molecule has 2 aromatic heterocycles. The molecule has 186 valence electrons. The van der Waals surface area contributed by atoms with Gasteiger partial charge in [0.2, 0.25) is 0 Å². The van der Waals surface area contributed by atoms with Crippen LogP contribution in [0.5, 0.6) is 0 Å². The van der Waals surface area contributed by atoms with Crippen molar-refractivity contribution in [1.29, 1.82) is 0 Å². The van der Waals surface area contributed by atoms with E-state index in [-0.39, 0.29) is 0 Å². The second kappa shape index (κ2) is 8.29. The fourth-order valence-corrected chi connectivity index (χ4v) is 8.00. The van der Waals surface area contributed by atoms with E-state index in [0.717, 1.165) is 0 Å². The van der Waals surface area contributed by atoms with E-state index in [1.165, 1.54) is 80.3 Å². The molecular weight excluding hydrogens is 502 g/mol. The third-order valence-electron chi connectivity index (χ3n) is 8.34. The number of hydrogen-bond donors (Lipinski definition) is 0. The minimum absolute atomic E-state index is 1.18. The Balaban J connectivity index is 1.51. The van der Waals surface area contributed by atoms with Crippen LogP contribution in [0.1, 0.15) is 0 Å². The highest BCUT2D eigenvalue weighted by molar-refractivity contribution is 7.27. The molecule has 0 amide bonds. The van der Waals surface area contributed by atoms with E-state index in [1.807, 2.05) is 11.3 Å². The lowest BCUT2D eigenvalue weighted by Crippen LogP contribution is -1.95. The van der Waals surface area contributed by atoms with Gasteiger partial charge in [-0.15, -0.1) is 11.3 Å². The topological polar surface area (TPSA) is 4.93 Å². The number of para-hydroxylation sites is 1. The zero-order valence-corrected chi connectivity index (χ0v) is 22.5. The first-order valence-corrected chi connectivity index (χ1v) is 14.5. The van der Waals surface area contributed by atoms with Crippen molar-refractivity contribution in [3.05, 3.63) is 140 Å². The average molecular weight is 526 g/mol. The summed E-state index contributed by atoms with van der Waals surface area (Å²) in [6, 6.07) is 50.9. The van der Waals surface area contributed by atoms with Crippen LogP contribution in [0.15, 0.2) is 140 Å². The maximum absolute atomic E-state index is 2.49. The molecule has 0 unspecified atom stereocenters. The van der Waals surface area contributed by atoms with Crippen LogP contribution in [-0.4, -0.2) is 4.57 Å². The Bertz CT molecular complexity index is 2420. The maximum Gasteiger partial charge on any atom is 0.0626 e. The molecule has 0 radical (unpaired) electrons. The predicted octanol–water partition coefficient (Wildman–Crippen LogP) is 11.1. The number of nitrogens with zero attached hydrogens (tertiary/aromatic N) is 1. The first-order valence-electron chi connectivity index (χ1n) is 13.7. The molecule has 0 spiro atoms. The average Bonchev–Trinajstić information content (AvgIpc) is 3.59. The highest BCUT2D eigenvalue weighted by atomic mass is 32.1. The van der Waals surface area contributed by atoms with Gasteiger partial charge in [0.05, 0.1) is 11.0 Å². The Hall–Kier alpha value is -4.92. The van der Waals surface area contributed by atoms with Crippen LogP contribution in [0.2, 0.25) is 0 Å². The van der Waals surface area contributed by atoms with Crippen molar-refractivity contribution in [2.45, 2.75) is 0 Å². The van der Waals surface area contributed by atoms with Gasteiger partial charge in [-0.2, -0.15) is 0 Å². The molecule has 1 nitrogen and oxygen atoms in total. The van der Waals surface area contributed by atoms with E-state index in [9.17, 15) is 0 Å². The Morgan fingerprint density at radius 3 is 2.00 bits per heavy atom. The number of aromatic nitrogens is 1. The lowest BCUT2D eigenvalue weighted by atomic mass is 9.98. The van der Waals surface area contributed by atoms with Crippen molar-refractivity contribution >= 4 is 74.9 Å². The first kappa shape index (κ1) is 22.0. The molecule has 9 rings (SSSR count). The van der Waals surface area contributed by atoms with Crippen LogP contribution in [0.25, 0.3) is 80.3 Å². The molecule has 0 aliphatic heterocycles. The van der Waals surface area contributed by atoms with Gasteiger partial charge in [-0.25, -0.2) is 0 Å². The minimum Gasteiger partial charge on any atom is -0.309 e. The van der Waals surface area contributed by atoms with Crippen LogP contribution in [0.4, 0.5) is 0 Å². The van der Waals surface area contributed by atoms with Gasteiger partial charge in [0.25, 0.3) is 0 Å². The number of thiophene rings is 1. The minimum atomic E-state index is 1.18. The van der Waals surface area contributed by atoms with Gasteiger partial charge in [-0.3, -0.25) is 0 Å². The Morgan fingerprint density at radius 2 is 1.12 bits per heavy atom. The smallest absolute Gasteiger partial charge is 0.0626 e. The molecule has 0 fully saturated rings. The fourth-order valence-electron chi connectivity index (χ4n) is 6.62. The van der Waals surface area contributed by atoms with Crippen molar-refractivity contribution in [2.24, 2.45) is 0 Å². The number of hydrogen-bond acceptors (Lipinski definition) is 1. The molecule has 0 N–H and O–H groups in total. The SMILES string of the molecule is c1ccc(-c2cccc(-n3c4ccccc4c4c5c6ccc7ccccc7c6sc5c5ccccc5c43)c2)cc1. The number of rotatable bonds is 2. The van der Waals surface area contributed by atoms with Crippen molar-refractivity contribution in [3.63, 3.8) is 0 Å². The Morgan fingerprint density at radius 1 is 0.425 bits per heavy atom. The van der Waals surface area contributed by atoms with E-state index < -0.39 is 0 Å². The molecule has 0 atom stereocenters. The first-order chi connectivity index (χ1) is 19.9. The largest absolute Gasteiger partial charge is 0.309 e. The van der Waals surface area contributed by atoms with Crippen molar-refractivity contribution in [1.82, 2.24) is 4.57 Å². The maximum atomic E-state index is 2.49. The molecule has 0 aliphatic carbocycles. The second-order valence-corrected chi connectivity index (χ2v) is 11.5. The van der Waals surface area contributed by atoms with Crippen LogP contribution < -0.4 is 0 Å². The van der Waals surface area contributed by atoms with E-state index in [4.69, 9.17) is 0 Å². The molecule has 7 aromatic carbocycles. The monoisotopic (exact) mass is 525 g/mol. The summed E-state index contributed by atoms with van der Waals surface area (Å²) < 4.78 is 5.23. The van der Waals surface area contributed by atoms with Crippen molar-refractivity contribution < 1.29 is 0 Å². The van der Waals surface area contributed by atoms with Gasteiger partial charge < -0.3 is 4.57 Å². The van der Waals surface area contributed by atoms with E-state index in [1.54, 1.807) is 0 Å². The molecule has 0 aliphatic rings. The summed E-state index contributed by atoms with van der Waals surface area (Å²) in [6.45, 7) is 0. The molecule has 2 heteroatoms. The molecule has 2 heterocycles. The molecular formula is C38H23NS. The number of fused-ring (bicyclic) bond motifs is 12. The Labute approximate surface area is 235 Å². The van der Waals surface area contributed by atoms with Crippen molar-refractivity contribution in [3.8, 4) is 16.8 Å². The zero-order chi connectivity index (χ0) is 26.2. The van der Waals surface area contributed by atoms with Gasteiger partial charge in [0, 0.05) is 47.4 Å². The van der Waals surface area contributed by atoms with Crippen LogP contribution in [0.3, 0.4) is 0 Å². The highest BCUT2D eigenvalue weighted by Crippen LogP contribution is 2.49. The lowest BCUT2D eigenvalue weighted by Gasteiger charge is -2.12. The quantitative estimate of drug-likeness (QED) is 0.211. The number of benzene rings is 7. The van der Waals surface area contributed by atoms with Crippen LogP contribution in [0, 0.1) is 0 Å². The van der Waals surface area contributed by atoms with Gasteiger partial charge in [-0.1, -0.05) is 121 Å². The van der Waals surface area contributed by atoms with Gasteiger partial charge in [-0.05, 0) is 40.1 Å². The predicted molar refractivity (Wildman–Crippen MR) is 174 cm³/mol. The summed E-state index contributed by atoms with van der Waals surface area (Å²) in [7, 11) is 0. The van der Waals surface area contributed by atoms with E-state index in [0.29, 0.717) is 0 Å². The van der Waals surface area contributed by atoms with Crippen LogP contribution in [-0.2, 0) is 0 Å². The summed E-state index contributed by atoms with van der Waals surface area (Å²) in [5.74, 6) is 0. The summed E-state index contributed by atoms with van der Waals surface area (Å²) in [6.07, 6.45) is 0. The summed E-state index contributed by atoms with van der Waals surface area (Å²) in [5.41, 5.74) is 6.15. The van der Waals surface area contributed by atoms with E-state index in [2.05, 4.69) is 144 Å². The molecule has 0 saturated heterocycles. The van der Waals surface area contributed by atoms with E-state index >= 15 is 0 Å². The third-order valence-corrected chi connectivity index (χ3v) is 9.62. The summed E-state index contributed by atoms with van der Waals surface area (Å²) >= 11 is 1.94. The standard InChI is InChI=1S/C38H23NS/c1-2-11-24(12-3-1)26-14-10-15-27(23-26)39-33-20-9-8-19-31(33)34-35-32-22-21-25-13-4-5-16-28(25)37(32)40-38(35)30-18-7-6-17-29(30)36(34)39/h1-23H. The normalized spacial score (nSPS) is 12.0. The molecule has 0 bridgehead atoms. The van der Waals surface area contributed by atoms with Crippen molar-refractivity contribution in [2.75, 3.05) is 0 Å². The second-order valence-electron chi connectivity index (χ2n) is 10.5. The molecule has 40 heavy (non-hydrogen) atoms. The van der Waals surface area contributed by atoms with Gasteiger partial charge in [0.1, 0.15) is 0 Å². The molecule has 9 aromatic rings. The van der Waals surface area contributed by atoms with Crippen LogP contribution >= 0.6 is 11.3 Å². The molecule has 0 saturated carbocycles.